The van der Waals surface area contributed by atoms with Crippen LogP contribution in [0.3, 0.4) is 0 Å². The summed E-state index contributed by atoms with van der Waals surface area (Å²) in [6.07, 6.45) is 0. The van der Waals surface area contributed by atoms with Crippen molar-refractivity contribution in [2.75, 3.05) is 0 Å². The van der Waals surface area contributed by atoms with Crippen LogP contribution >= 0.6 is 0 Å². The lowest BCUT2D eigenvalue weighted by Gasteiger charge is -2.15. The summed E-state index contributed by atoms with van der Waals surface area (Å²) in [5.41, 5.74) is 2.80. The molecule has 0 aliphatic heterocycles. The van der Waals surface area contributed by atoms with E-state index in [4.69, 9.17) is 0 Å². The van der Waals surface area contributed by atoms with Crippen molar-refractivity contribution < 1.29 is 13.5 Å². The molecule has 0 spiro atoms. The summed E-state index contributed by atoms with van der Waals surface area (Å²) in [4.78, 5) is 4.41. The van der Waals surface area contributed by atoms with E-state index in [0.29, 0.717) is 6.54 Å². The van der Waals surface area contributed by atoms with Gasteiger partial charge in [0.1, 0.15) is 5.75 Å². The normalized spacial score (nSPS) is 12.4. The van der Waals surface area contributed by atoms with E-state index in [1.54, 1.807) is 12.1 Å². The van der Waals surface area contributed by atoms with Gasteiger partial charge in [0.2, 0.25) is 0 Å². The van der Waals surface area contributed by atoms with E-state index in [1.165, 1.54) is 6.07 Å². The molecular weight excluding hydrogens is 274 g/mol. The molecule has 3 nitrogen and oxygen atoms in total. The predicted molar refractivity (Wildman–Crippen MR) is 77.3 cm³/mol. The Labute approximate surface area is 123 Å². The molecule has 1 aromatic heterocycles. The summed E-state index contributed by atoms with van der Waals surface area (Å²) in [5.74, 6) is 0.171. The molecule has 0 bridgehead atoms. The second-order valence-electron chi connectivity index (χ2n) is 4.82. The van der Waals surface area contributed by atoms with Crippen molar-refractivity contribution in [1.82, 2.24) is 10.3 Å². The summed E-state index contributed by atoms with van der Waals surface area (Å²) in [7, 11) is 0. The van der Waals surface area contributed by atoms with Gasteiger partial charge in [0.05, 0.1) is 5.69 Å². The largest absolute Gasteiger partial charge is 0.435 e. The molecule has 2 rings (SSSR count). The average molecular weight is 292 g/mol. The fourth-order valence-electron chi connectivity index (χ4n) is 2.03. The maximum Gasteiger partial charge on any atom is 0.387 e. The Hall–Kier alpha value is -2.01. The second kappa shape index (κ2) is 7.13. The predicted octanol–water partition coefficient (Wildman–Crippen LogP) is 3.84. The van der Waals surface area contributed by atoms with E-state index in [-0.39, 0.29) is 11.8 Å². The number of ether oxygens (including phenoxy) is 1. The lowest BCUT2D eigenvalue weighted by Crippen LogP contribution is -2.19. The Morgan fingerprint density at radius 3 is 2.67 bits per heavy atom. The lowest BCUT2D eigenvalue weighted by atomic mass is 10.1. The van der Waals surface area contributed by atoms with Crippen LogP contribution < -0.4 is 10.1 Å². The fraction of sp³-hybridized carbons (Fsp3) is 0.312. The third-order valence-corrected chi connectivity index (χ3v) is 3.12. The van der Waals surface area contributed by atoms with Crippen LogP contribution in [-0.2, 0) is 6.54 Å². The number of aryl methyl sites for hydroxylation is 1. The highest BCUT2D eigenvalue weighted by Gasteiger charge is 2.09. The highest BCUT2D eigenvalue weighted by Crippen LogP contribution is 2.20. The molecule has 0 saturated carbocycles. The van der Waals surface area contributed by atoms with Gasteiger partial charge in [0.15, 0.2) is 0 Å². The van der Waals surface area contributed by atoms with Gasteiger partial charge in [-0.25, -0.2) is 0 Å². The summed E-state index contributed by atoms with van der Waals surface area (Å²) in [6.45, 7) is 1.72. The number of hydrogen-bond acceptors (Lipinski definition) is 3. The van der Waals surface area contributed by atoms with Crippen LogP contribution in [0.15, 0.2) is 42.5 Å². The Morgan fingerprint density at radius 1 is 1.19 bits per heavy atom. The van der Waals surface area contributed by atoms with E-state index in [2.05, 4.69) is 15.0 Å². The van der Waals surface area contributed by atoms with Crippen molar-refractivity contribution >= 4 is 0 Å². The van der Waals surface area contributed by atoms with Crippen molar-refractivity contribution in [3.8, 4) is 5.75 Å². The number of halogens is 2. The average Bonchev–Trinajstić information content (AvgIpc) is 2.44. The molecule has 0 fully saturated rings. The van der Waals surface area contributed by atoms with Gasteiger partial charge < -0.3 is 10.1 Å². The number of hydrogen-bond donors (Lipinski definition) is 1. The van der Waals surface area contributed by atoms with Gasteiger partial charge in [-0.15, -0.1) is 0 Å². The van der Waals surface area contributed by atoms with E-state index in [1.807, 2.05) is 38.1 Å². The topological polar surface area (TPSA) is 34.1 Å². The van der Waals surface area contributed by atoms with Crippen LogP contribution in [0.1, 0.15) is 29.9 Å². The number of rotatable bonds is 6. The standard InChI is InChI=1S/C16H18F2N2O/c1-11-5-3-7-14(20-11)10-19-12(2)13-6-4-8-15(9-13)21-16(17)18/h3-9,12,16,19H,10H2,1-2H3. The molecule has 0 aliphatic carbocycles. The molecule has 1 unspecified atom stereocenters. The summed E-state index contributed by atoms with van der Waals surface area (Å²) in [5, 5.41) is 3.32. The van der Waals surface area contributed by atoms with Gasteiger partial charge in [-0.1, -0.05) is 18.2 Å². The van der Waals surface area contributed by atoms with Crippen LogP contribution in [0, 0.1) is 6.92 Å². The van der Waals surface area contributed by atoms with Crippen molar-refractivity contribution in [3.05, 3.63) is 59.4 Å². The third kappa shape index (κ3) is 4.79. The minimum Gasteiger partial charge on any atom is -0.435 e. The number of nitrogens with zero attached hydrogens (tertiary/aromatic N) is 1. The third-order valence-electron chi connectivity index (χ3n) is 3.12. The van der Waals surface area contributed by atoms with E-state index < -0.39 is 6.61 Å². The molecule has 112 valence electrons. The highest BCUT2D eigenvalue weighted by atomic mass is 19.3. The monoisotopic (exact) mass is 292 g/mol. The van der Waals surface area contributed by atoms with E-state index in [9.17, 15) is 8.78 Å². The zero-order valence-corrected chi connectivity index (χ0v) is 12.0. The van der Waals surface area contributed by atoms with E-state index >= 15 is 0 Å². The van der Waals surface area contributed by atoms with Gasteiger partial charge in [0, 0.05) is 18.3 Å². The first kappa shape index (κ1) is 15.4. The molecule has 1 N–H and O–H groups in total. The van der Waals surface area contributed by atoms with Crippen molar-refractivity contribution in [3.63, 3.8) is 0 Å². The van der Waals surface area contributed by atoms with Gasteiger partial charge in [-0.2, -0.15) is 8.78 Å². The van der Waals surface area contributed by atoms with Gasteiger partial charge >= 0.3 is 6.61 Å². The fourth-order valence-corrected chi connectivity index (χ4v) is 2.03. The zero-order chi connectivity index (χ0) is 15.2. The number of benzene rings is 1. The summed E-state index contributed by atoms with van der Waals surface area (Å²) < 4.78 is 28.8. The molecule has 2 aromatic rings. The highest BCUT2D eigenvalue weighted by molar-refractivity contribution is 5.30. The molecular formula is C16H18F2N2O. The molecule has 1 heterocycles. The van der Waals surface area contributed by atoms with Crippen LogP contribution in [0.2, 0.25) is 0 Å². The first-order chi connectivity index (χ1) is 10.0. The van der Waals surface area contributed by atoms with Gasteiger partial charge in [0.25, 0.3) is 0 Å². The first-order valence-electron chi connectivity index (χ1n) is 6.75. The van der Waals surface area contributed by atoms with Crippen molar-refractivity contribution in [1.29, 1.82) is 0 Å². The number of pyridine rings is 1. The molecule has 0 saturated heterocycles. The van der Waals surface area contributed by atoms with Crippen LogP contribution in [0.25, 0.3) is 0 Å². The summed E-state index contributed by atoms with van der Waals surface area (Å²) >= 11 is 0. The summed E-state index contributed by atoms with van der Waals surface area (Å²) in [6, 6.07) is 12.6. The number of alkyl halides is 2. The quantitative estimate of drug-likeness (QED) is 0.878. The Bertz CT molecular complexity index is 590. The molecule has 1 aromatic carbocycles. The SMILES string of the molecule is Cc1cccc(CNC(C)c2cccc(OC(F)F)c2)n1. The smallest absolute Gasteiger partial charge is 0.387 e. The van der Waals surface area contributed by atoms with Gasteiger partial charge in [-0.3, -0.25) is 4.98 Å². The minimum absolute atomic E-state index is 0.00790. The lowest BCUT2D eigenvalue weighted by molar-refractivity contribution is -0.0499. The molecule has 5 heteroatoms. The zero-order valence-electron chi connectivity index (χ0n) is 12.0. The first-order valence-corrected chi connectivity index (χ1v) is 6.75. The molecule has 21 heavy (non-hydrogen) atoms. The maximum absolute atomic E-state index is 12.2. The van der Waals surface area contributed by atoms with Gasteiger partial charge in [-0.05, 0) is 43.7 Å². The second-order valence-corrected chi connectivity index (χ2v) is 4.82. The van der Waals surface area contributed by atoms with Crippen molar-refractivity contribution in [2.24, 2.45) is 0 Å². The number of nitrogens with one attached hydrogen (secondary N) is 1. The maximum atomic E-state index is 12.2. The van der Waals surface area contributed by atoms with Crippen LogP contribution in [-0.4, -0.2) is 11.6 Å². The number of aromatic nitrogens is 1. The Balaban J connectivity index is 1.98. The van der Waals surface area contributed by atoms with E-state index in [0.717, 1.165) is 17.0 Å². The minimum atomic E-state index is -2.81. The van der Waals surface area contributed by atoms with Crippen LogP contribution in [0.5, 0.6) is 5.75 Å². The van der Waals surface area contributed by atoms with Crippen molar-refractivity contribution in [2.45, 2.75) is 33.0 Å². The molecule has 0 aliphatic rings. The Kier molecular flexibility index (Phi) is 5.22. The Morgan fingerprint density at radius 2 is 1.95 bits per heavy atom. The molecule has 0 amide bonds. The molecule has 1 atom stereocenters. The molecule has 0 radical (unpaired) electrons. The van der Waals surface area contributed by atoms with Crippen LogP contribution in [0.4, 0.5) is 8.78 Å².